The second kappa shape index (κ2) is 10.2. The van der Waals surface area contributed by atoms with E-state index in [9.17, 15) is 0 Å². The second-order valence-electron chi connectivity index (χ2n) is 8.50. The Labute approximate surface area is 184 Å². The second-order valence-corrected chi connectivity index (χ2v) is 8.50. The van der Waals surface area contributed by atoms with E-state index < -0.39 is 0 Å². The first kappa shape index (κ1) is 21.8. The smallest absolute Gasteiger partial charge is 0.191 e. The molecule has 3 heterocycles. The average molecular weight is 427 g/mol. The highest BCUT2D eigenvalue weighted by Gasteiger charge is 2.28. The Kier molecular flexibility index (Phi) is 7.19. The number of rotatable bonds is 6. The summed E-state index contributed by atoms with van der Waals surface area (Å²) in [7, 11) is 3.49. The summed E-state index contributed by atoms with van der Waals surface area (Å²) < 4.78 is 13.3. The van der Waals surface area contributed by atoms with E-state index in [1.165, 1.54) is 11.1 Å². The van der Waals surface area contributed by atoms with Gasteiger partial charge in [0.2, 0.25) is 0 Å². The molecule has 0 aliphatic carbocycles. The molecule has 1 fully saturated rings. The highest BCUT2D eigenvalue weighted by molar-refractivity contribution is 5.80. The first-order valence-corrected chi connectivity index (χ1v) is 11.2. The van der Waals surface area contributed by atoms with Gasteiger partial charge in [0.1, 0.15) is 12.4 Å². The van der Waals surface area contributed by atoms with Crippen LogP contribution in [0.15, 0.2) is 29.3 Å². The van der Waals surface area contributed by atoms with Crippen LogP contribution in [0, 0.1) is 12.8 Å². The predicted octanol–water partition coefficient (Wildman–Crippen LogP) is 2.38. The third kappa shape index (κ3) is 5.43. The SMILES string of the molecule is CN=C(NCC1CCCOC1c1ccc(C)cc1)NC1CCc2nc(COC)nn2C1. The molecule has 2 aliphatic heterocycles. The van der Waals surface area contributed by atoms with Gasteiger partial charge < -0.3 is 20.1 Å². The van der Waals surface area contributed by atoms with Crippen molar-refractivity contribution in [3.8, 4) is 0 Å². The van der Waals surface area contributed by atoms with Gasteiger partial charge in [-0.3, -0.25) is 4.99 Å². The van der Waals surface area contributed by atoms with Crippen molar-refractivity contribution in [2.75, 3.05) is 27.3 Å². The lowest BCUT2D eigenvalue weighted by Crippen LogP contribution is -2.48. The fourth-order valence-electron chi connectivity index (χ4n) is 4.46. The third-order valence-corrected chi connectivity index (χ3v) is 6.12. The fourth-order valence-corrected chi connectivity index (χ4v) is 4.46. The fraction of sp³-hybridized carbons (Fsp3) is 0.609. The summed E-state index contributed by atoms with van der Waals surface area (Å²) in [6.07, 6.45) is 4.28. The maximum absolute atomic E-state index is 6.16. The molecule has 2 aliphatic rings. The molecular weight excluding hydrogens is 392 g/mol. The van der Waals surface area contributed by atoms with Crippen molar-refractivity contribution in [3.05, 3.63) is 47.0 Å². The van der Waals surface area contributed by atoms with Gasteiger partial charge in [0.25, 0.3) is 0 Å². The van der Waals surface area contributed by atoms with E-state index in [1.54, 1.807) is 7.11 Å². The maximum atomic E-state index is 6.16. The Morgan fingerprint density at radius 1 is 1.29 bits per heavy atom. The van der Waals surface area contributed by atoms with Crippen LogP contribution in [0.3, 0.4) is 0 Å². The molecule has 1 aromatic carbocycles. The minimum Gasteiger partial charge on any atom is -0.377 e. The first-order chi connectivity index (χ1) is 15.2. The quantitative estimate of drug-likeness (QED) is 0.545. The molecule has 4 rings (SSSR count). The summed E-state index contributed by atoms with van der Waals surface area (Å²) in [5, 5.41) is 11.7. The number of hydrogen-bond acceptors (Lipinski definition) is 5. The summed E-state index contributed by atoms with van der Waals surface area (Å²) >= 11 is 0. The molecule has 1 saturated heterocycles. The van der Waals surface area contributed by atoms with Crippen molar-refractivity contribution < 1.29 is 9.47 Å². The number of ether oxygens (including phenoxy) is 2. The lowest BCUT2D eigenvalue weighted by Gasteiger charge is -2.33. The number of nitrogens with zero attached hydrogens (tertiary/aromatic N) is 4. The number of benzene rings is 1. The number of guanidine groups is 1. The molecule has 168 valence electrons. The van der Waals surface area contributed by atoms with Crippen LogP contribution in [0.4, 0.5) is 0 Å². The van der Waals surface area contributed by atoms with E-state index in [1.807, 2.05) is 11.7 Å². The molecule has 3 unspecified atom stereocenters. The summed E-state index contributed by atoms with van der Waals surface area (Å²) in [5.74, 6) is 3.03. The van der Waals surface area contributed by atoms with Crippen molar-refractivity contribution in [3.63, 3.8) is 0 Å². The Morgan fingerprint density at radius 3 is 2.90 bits per heavy atom. The molecule has 0 bridgehead atoms. The van der Waals surface area contributed by atoms with E-state index in [0.717, 1.165) is 63.0 Å². The number of hydrogen-bond donors (Lipinski definition) is 2. The topological polar surface area (TPSA) is 85.6 Å². The third-order valence-electron chi connectivity index (χ3n) is 6.12. The van der Waals surface area contributed by atoms with Crippen LogP contribution in [0.5, 0.6) is 0 Å². The van der Waals surface area contributed by atoms with Crippen LogP contribution in [-0.4, -0.2) is 54.1 Å². The van der Waals surface area contributed by atoms with Crippen LogP contribution >= 0.6 is 0 Å². The van der Waals surface area contributed by atoms with Crippen molar-refractivity contribution in [1.29, 1.82) is 0 Å². The van der Waals surface area contributed by atoms with E-state index >= 15 is 0 Å². The number of aryl methyl sites for hydroxylation is 2. The van der Waals surface area contributed by atoms with Gasteiger partial charge in [-0.05, 0) is 31.7 Å². The van der Waals surface area contributed by atoms with Gasteiger partial charge in [-0.2, -0.15) is 5.10 Å². The molecule has 0 spiro atoms. The minimum atomic E-state index is 0.131. The average Bonchev–Trinajstić information content (AvgIpc) is 3.19. The molecule has 2 N–H and O–H groups in total. The molecule has 8 nitrogen and oxygen atoms in total. The number of aliphatic imine (C=N–C) groups is 1. The molecular formula is C23H34N6O2. The van der Waals surface area contributed by atoms with Crippen molar-refractivity contribution in [2.45, 2.75) is 57.9 Å². The highest BCUT2D eigenvalue weighted by Crippen LogP contribution is 2.33. The predicted molar refractivity (Wildman–Crippen MR) is 120 cm³/mol. The molecule has 0 radical (unpaired) electrons. The number of nitrogens with one attached hydrogen (secondary N) is 2. The Bertz CT molecular complexity index is 879. The van der Waals surface area contributed by atoms with Crippen LogP contribution < -0.4 is 10.6 Å². The molecule has 0 saturated carbocycles. The van der Waals surface area contributed by atoms with Gasteiger partial charge in [0.15, 0.2) is 11.8 Å². The zero-order valence-corrected chi connectivity index (χ0v) is 18.8. The summed E-state index contributed by atoms with van der Waals surface area (Å²) in [6, 6.07) is 8.99. The zero-order valence-electron chi connectivity index (χ0n) is 18.8. The molecule has 1 aromatic heterocycles. The van der Waals surface area contributed by atoms with Gasteiger partial charge in [-0.25, -0.2) is 9.67 Å². The maximum Gasteiger partial charge on any atom is 0.191 e. The van der Waals surface area contributed by atoms with Gasteiger partial charge in [-0.1, -0.05) is 29.8 Å². The summed E-state index contributed by atoms with van der Waals surface area (Å²) in [5.41, 5.74) is 2.54. The number of aromatic nitrogens is 3. The summed E-state index contributed by atoms with van der Waals surface area (Å²) in [4.78, 5) is 9.01. The van der Waals surface area contributed by atoms with Gasteiger partial charge in [-0.15, -0.1) is 0 Å². The van der Waals surface area contributed by atoms with Crippen molar-refractivity contribution >= 4 is 5.96 Å². The van der Waals surface area contributed by atoms with E-state index in [-0.39, 0.29) is 12.1 Å². The normalized spacial score (nSPS) is 24.0. The van der Waals surface area contributed by atoms with Crippen LogP contribution in [0.2, 0.25) is 0 Å². The number of methoxy groups -OCH3 is 1. The van der Waals surface area contributed by atoms with Crippen LogP contribution in [0.25, 0.3) is 0 Å². The molecule has 3 atom stereocenters. The van der Waals surface area contributed by atoms with Crippen LogP contribution in [0.1, 0.15) is 48.1 Å². The Balaban J connectivity index is 1.33. The zero-order chi connectivity index (χ0) is 21.6. The monoisotopic (exact) mass is 426 g/mol. The van der Waals surface area contributed by atoms with Gasteiger partial charge in [0, 0.05) is 45.7 Å². The Morgan fingerprint density at radius 2 is 2.13 bits per heavy atom. The van der Waals surface area contributed by atoms with Crippen molar-refractivity contribution in [2.24, 2.45) is 10.9 Å². The van der Waals surface area contributed by atoms with Gasteiger partial charge in [0.05, 0.1) is 12.6 Å². The first-order valence-electron chi connectivity index (χ1n) is 11.2. The standard InChI is InChI=1S/C23H34N6O2/c1-16-6-8-17(9-7-16)22-18(5-4-12-31-22)13-25-23(24-2)26-19-10-11-21-27-20(15-30-3)28-29(21)14-19/h6-9,18-19,22H,4-5,10-15H2,1-3H3,(H2,24,25,26). The van der Waals surface area contributed by atoms with E-state index in [4.69, 9.17) is 9.47 Å². The Hall–Kier alpha value is -2.45. The molecule has 2 aromatic rings. The van der Waals surface area contributed by atoms with E-state index in [0.29, 0.717) is 12.5 Å². The van der Waals surface area contributed by atoms with Crippen molar-refractivity contribution in [1.82, 2.24) is 25.4 Å². The lowest BCUT2D eigenvalue weighted by molar-refractivity contribution is -0.0265. The minimum absolute atomic E-state index is 0.131. The summed E-state index contributed by atoms with van der Waals surface area (Å²) in [6.45, 7) is 5.01. The van der Waals surface area contributed by atoms with E-state index in [2.05, 4.69) is 56.9 Å². The molecule has 31 heavy (non-hydrogen) atoms. The largest absolute Gasteiger partial charge is 0.377 e. The molecule has 0 amide bonds. The highest BCUT2D eigenvalue weighted by atomic mass is 16.5. The number of fused-ring (bicyclic) bond motifs is 1. The lowest BCUT2D eigenvalue weighted by atomic mass is 9.89. The van der Waals surface area contributed by atoms with Gasteiger partial charge >= 0.3 is 0 Å². The molecule has 8 heteroatoms. The van der Waals surface area contributed by atoms with Crippen LogP contribution in [-0.2, 0) is 29.0 Å².